The molecule has 0 aromatic rings. The van der Waals surface area contributed by atoms with Gasteiger partial charge < -0.3 is 15.3 Å². The van der Waals surface area contributed by atoms with Gasteiger partial charge in [0.25, 0.3) is 0 Å². The first-order valence-electron chi connectivity index (χ1n) is 6.78. The molecule has 0 aliphatic carbocycles. The monoisotopic (exact) mass is 256 g/mol. The van der Waals surface area contributed by atoms with Gasteiger partial charge in [0.05, 0.1) is 5.92 Å². The van der Waals surface area contributed by atoms with Crippen LogP contribution in [-0.4, -0.2) is 41.6 Å². The van der Waals surface area contributed by atoms with E-state index in [1.54, 1.807) is 4.90 Å². The van der Waals surface area contributed by atoms with Gasteiger partial charge >= 0.3 is 12.0 Å². The van der Waals surface area contributed by atoms with Crippen molar-refractivity contribution in [3.63, 3.8) is 0 Å². The van der Waals surface area contributed by atoms with E-state index in [-0.39, 0.29) is 18.5 Å². The Morgan fingerprint density at radius 2 is 1.72 bits per heavy atom. The van der Waals surface area contributed by atoms with Gasteiger partial charge in [0.2, 0.25) is 0 Å². The van der Waals surface area contributed by atoms with E-state index in [9.17, 15) is 9.59 Å². The lowest BCUT2D eigenvalue weighted by Gasteiger charge is -2.23. The molecule has 1 rings (SSSR count). The number of nitrogens with one attached hydrogen (secondary N) is 1. The molecule has 1 aliphatic heterocycles. The lowest BCUT2D eigenvalue weighted by atomic mass is 9.96. The Morgan fingerprint density at radius 1 is 1.17 bits per heavy atom. The lowest BCUT2D eigenvalue weighted by Crippen LogP contribution is -2.44. The van der Waals surface area contributed by atoms with Crippen molar-refractivity contribution in [2.24, 2.45) is 11.8 Å². The van der Waals surface area contributed by atoms with Gasteiger partial charge in [-0.2, -0.15) is 0 Å². The van der Waals surface area contributed by atoms with E-state index in [0.29, 0.717) is 0 Å². The van der Waals surface area contributed by atoms with Crippen molar-refractivity contribution in [3.05, 3.63) is 0 Å². The lowest BCUT2D eigenvalue weighted by molar-refractivity contribution is -0.142. The summed E-state index contributed by atoms with van der Waals surface area (Å²) >= 11 is 0. The second kappa shape index (κ2) is 7.24. The van der Waals surface area contributed by atoms with Gasteiger partial charge in [-0.05, 0) is 18.8 Å². The molecule has 0 aromatic carbocycles. The fourth-order valence-electron chi connectivity index (χ4n) is 2.19. The summed E-state index contributed by atoms with van der Waals surface area (Å²) < 4.78 is 0. The maximum absolute atomic E-state index is 11.9. The second-order valence-corrected chi connectivity index (χ2v) is 5.28. The van der Waals surface area contributed by atoms with Crippen molar-refractivity contribution < 1.29 is 14.7 Å². The molecule has 0 bridgehead atoms. The van der Waals surface area contributed by atoms with Crippen molar-refractivity contribution >= 4 is 12.0 Å². The predicted molar refractivity (Wildman–Crippen MR) is 69.4 cm³/mol. The van der Waals surface area contributed by atoms with Crippen molar-refractivity contribution in [2.75, 3.05) is 19.6 Å². The summed E-state index contributed by atoms with van der Waals surface area (Å²) in [6.45, 7) is 5.49. The van der Waals surface area contributed by atoms with Crippen LogP contribution in [0.2, 0.25) is 0 Å². The first kappa shape index (κ1) is 14.8. The molecule has 0 aromatic heterocycles. The van der Waals surface area contributed by atoms with Crippen LogP contribution in [0, 0.1) is 11.8 Å². The normalized spacial score (nSPS) is 18.3. The highest BCUT2D eigenvalue weighted by atomic mass is 16.4. The number of urea groups is 1. The van der Waals surface area contributed by atoms with E-state index in [2.05, 4.69) is 5.32 Å². The molecule has 1 unspecified atom stereocenters. The van der Waals surface area contributed by atoms with Crippen LogP contribution in [0.3, 0.4) is 0 Å². The van der Waals surface area contributed by atoms with Gasteiger partial charge in [-0.3, -0.25) is 4.79 Å². The zero-order valence-electron chi connectivity index (χ0n) is 11.3. The molecule has 1 heterocycles. The van der Waals surface area contributed by atoms with E-state index in [1.165, 1.54) is 12.8 Å². The Morgan fingerprint density at radius 3 is 2.17 bits per heavy atom. The first-order valence-corrected chi connectivity index (χ1v) is 6.78. The van der Waals surface area contributed by atoms with Crippen LogP contribution in [0.1, 0.15) is 39.5 Å². The van der Waals surface area contributed by atoms with Crippen LogP contribution >= 0.6 is 0 Å². The number of carboxylic acids is 1. The Kier molecular flexibility index (Phi) is 5.95. The molecule has 1 fully saturated rings. The molecular weight excluding hydrogens is 232 g/mol. The summed E-state index contributed by atoms with van der Waals surface area (Å²) in [6.07, 6.45) is 4.43. The smallest absolute Gasteiger partial charge is 0.317 e. The fourth-order valence-corrected chi connectivity index (χ4v) is 2.19. The molecule has 0 radical (unpaired) electrons. The molecule has 1 atom stereocenters. The van der Waals surface area contributed by atoms with E-state index >= 15 is 0 Å². The van der Waals surface area contributed by atoms with Gasteiger partial charge in [0.15, 0.2) is 0 Å². The summed E-state index contributed by atoms with van der Waals surface area (Å²) in [4.78, 5) is 24.7. The van der Waals surface area contributed by atoms with Crippen LogP contribution in [0.15, 0.2) is 0 Å². The minimum atomic E-state index is -0.846. The number of likely N-dealkylation sites (tertiary alicyclic amines) is 1. The molecule has 1 aliphatic rings. The molecule has 5 heteroatoms. The van der Waals surface area contributed by atoms with E-state index < -0.39 is 11.9 Å². The van der Waals surface area contributed by atoms with Crippen molar-refractivity contribution in [3.8, 4) is 0 Å². The molecule has 1 saturated heterocycles. The Hall–Kier alpha value is -1.26. The average Bonchev–Trinajstić information content (AvgIpc) is 2.56. The fraction of sp³-hybridized carbons (Fsp3) is 0.846. The number of carbonyl (C=O) groups is 2. The summed E-state index contributed by atoms with van der Waals surface area (Å²) in [7, 11) is 0. The molecule has 2 N–H and O–H groups in total. The molecule has 5 nitrogen and oxygen atoms in total. The van der Waals surface area contributed by atoms with Crippen molar-refractivity contribution in [2.45, 2.75) is 39.5 Å². The van der Waals surface area contributed by atoms with Crippen LogP contribution in [0.25, 0.3) is 0 Å². The van der Waals surface area contributed by atoms with Crippen LogP contribution in [0.4, 0.5) is 4.79 Å². The third-order valence-electron chi connectivity index (χ3n) is 3.49. The number of hydrogen-bond donors (Lipinski definition) is 2. The standard InChI is InChI=1S/C13H24N2O3/c1-10(2)11(12(16)17)9-14-13(18)15-7-5-3-4-6-8-15/h10-11H,3-9H2,1-2H3,(H,14,18)(H,16,17). The first-order chi connectivity index (χ1) is 8.52. The minimum Gasteiger partial charge on any atom is -0.481 e. The summed E-state index contributed by atoms with van der Waals surface area (Å²) in [5, 5.41) is 11.8. The Balaban J connectivity index is 2.41. The molecule has 0 saturated carbocycles. The number of hydrogen-bond acceptors (Lipinski definition) is 2. The Bertz CT molecular complexity index is 284. The topological polar surface area (TPSA) is 69.6 Å². The minimum absolute atomic E-state index is 0.0203. The van der Waals surface area contributed by atoms with Crippen molar-refractivity contribution in [1.82, 2.24) is 10.2 Å². The molecular formula is C13H24N2O3. The van der Waals surface area contributed by atoms with E-state index in [4.69, 9.17) is 5.11 Å². The number of carboxylic acid groups (broad SMARTS) is 1. The van der Waals surface area contributed by atoms with Gasteiger partial charge in [-0.25, -0.2) is 4.79 Å². The number of aliphatic carboxylic acids is 1. The van der Waals surface area contributed by atoms with Crippen LogP contribution in [0.5, 0.6) is 0 Å². The zero-order valence-corrected chi connectivity index (χ0v) is 11.3. The van der Waals surface area contributed by atoms with E-state index in [0.717, 1.165) is 25.9 Å². The Labute approximate surface area is 109 Å². The molecule has 2 amide bonds. The number of amides is 2. The number of rotatable bonds is 4. The maximum atomic E-state index is 11.9. The predicted octanol–water partition coefficient (Wildman–Crippen LogP) is 1.93. The van der Waals surface area contributed by atoms with Gasteiger partial charge in [0.1, 0.15) is 0 Å². The molecule has 104 valence electrons. The second-order valence-electron chi connectivity index (χ2n) is 5.28. The van der Waals surface area contributed by atoms with Crippen LogP contribution < -0.4 is 5.32 Å². The molecule has 18 heavy (non-hydrogen) atoms. The van der Waals surface area contributed by atoms with Gasteiger partial charge in [0, 0.05) is 19.6 Å². The van der Waals surface area contributed by atoms with Gasteiger partial charge in [-0.15, -0.1) is 0 Å². The number of nitrogens with zero attached hydrogens (tertiary/aromatic N) is 1. The summed E-state index contributed by atoms with van der Waals surface area (Å²) in [5.41, 5.74) is 0. The summed E-state index contributed by atoms with van der Waals surface area (Å²) in [5.74, 6) is -1.34. The summed E-state index contributed by atoms with van der Waals surface area (Å²) in [6, 6.07) is -0.121. The van der Waals surface area contributed by atoms with Crippen LogP contribution in [-0.2, 0) is 4.79 Å². The van der Waals surface area contributed by atoms with E-state index in [1.807, 2.05) is 13.8 Å². The average molecular weight is 256 g/mol. The number of carbonyl (C=O) groups excluding carboxylic acids is 1. The quantitative estimate of drug-likeness (QED) is 0.807. The molecule has 0 spiro atoms. The largest absolute Gasteiger partial charge is 0.481 e. The highest BCUT2D eigenvalue weighted by Crippen LogP contribution is 2.12. The maximum Gasteiger partial charge on any atom is 0.317 e. The third-order valence-corrected chi connectivity index (χ3v) is 3.49. The highest BCUT2D eigenvalue weighted by molar-refractivity contribution is 5.76. The van der Waals surface area contributed by atoms with Crippen molar-refractivity contribution in [1.29, 1.82) is 0 Å². The highest BCUT2D eigenvalue weighted by Gasteiger charge is 2.23. The third kappa shape index (κ3) is 4.55. The SMILES string of the molecule is CC(C)C(CNC(=O)N1CCCCCC1)C(=O)O. The van der Waals surface area contributed by atoms with Gasteiger partial charge in [-0.1, -0.05) is 26.7 Å². The zero-order chi connectivity index (χ0) is 13.5.